The van der Waals surface area contributed by atoms with Gasteiger partial charge in [-0.1, -0.05) is 0 Å². The van der Waals surface area contributed by atoms with Gasteiger partial charge in [-0.15, -0.1) is 0 Å². The summed E-state index contributed by atoms with van der Waals surface area (Å²) < 4.78 is 7.03. The fourth-order valence-corrected chi connectivity index (χ4v) is 2.55. The maximum Gasteiger partial charge on any atom is 0.332 e. The zero-order valence-corrected chi connectivity index (χ0v) is 13.5. The fraction of sp³-hybridized carbons (Fsp3) is 0.222. The third-order valence-corrected chi connectivity index (χ3v) is 3.78. The van der Waals surface area contributed by atoms with Crippen molar-refractivity contribution in [3.05, 3.63) is 63.7 Å². The van der Waals surface area contributed by atoms with Gasteiger partial charge in [-0.05, 0) is 31.0 Å². The Labute approximate surface area is 142 Å². The number of rotatable bonds is 7. The second-order valence-corrected chi connectivity index (χ2v) is 5.53. The first-order valence-electron chi connectivity index (χ1n) is 7.95. The maximum absolute atomic E-state index is 12.0. The van der Waals surface area contributed by atoms with Crippen molar-refractivity contribution in [2.45, 2.75) is 19.3 Å². The highest BCUT2D eigenvalue weighted by molar-refractivity contribution is 5.90. The topological polar surface area (TPSA) is 94.0 Å². The van der Waals surface area contributed by atoms with Crippen LogP contribution in [0, 0.1) is 0 Å². The van der Waals surface area contributed by atoms with Gasteiger partial charge in [-0.25, -0.2) is 4.79 Å². The lowest BCUT2D eigenvalue weighted by molar-refractivity contribution is -0.107. The number of hydrogen-bond acceptors (Lipinski definition) is 5. The minimum Gasteiger partial charge on any atom is -0.494 e. The highest BCUT2D eigenvalue weighted by Gasteiger charge is 2.07. The molecule has 0 saturated heterocycles. The van der Waals surface area contributed by atoms with Gasteiger partial charge in [0.1, 0.15) is 12.0 Å². The van der Waals surface area contributed by atoms with Crippen LogP contribution in [0.25, 0.3) is 16.5 Å². The third-order valence-electron chi connectivity index (χ3n) is 3.78. The van der Waals surface area contributed by atoms with E-state index in [0.717, 1.165) is 29.9 Å². The Bertz CT molecular complexity index is 1010. The van der Waals surface area contributed by atoms with E-state index in [1.807, 2.05) is 18.2 Å². The summed E-state index contributed by atoms with van der Waals surface area (Å²) in [6.07, 6.45) is 7.75. The van der Waals surface area contributed by atoms with Crippen molar-refractivity contribution in [1.29, 1.82) is 0 Å². The van der Waals surface area contributed by atoms with Crippen LogP contribution in [0.2, 0.25) is 0 Å². The normalized spacial score (nSPS) is 10.7. The van der Waals surface area contributed by atoms with Gasteiger partial charge in [0, 0.05) is 35.7 Å². The molecule has 2 aromatic heterocycles. The summed E-state index contributed by atoms with van der Waals surface area (Å²) in [7, 11) is 0. The molecule has 2 heterocycles. The van der Waals surface area contributed by atoms with Crippen LogP contribution in [-0.4, -0.2) is 27.4 Å². The van der Waals surface area contributed by atoms with E-state index in [-0.39, 0.29) is 0 Å². The summed E-state index contributed by atoms with van der Waals surface area (Å²) in [4.78, 5) is 39.9. The zero-order chi connectivity index (χ0) is 17.6. The summed E-state index contributed by atoms with van der Waals surface area (Å²) in [5, 5.41) is 1.64. The molecule has 0 aliphatic carbocycles. The fourth-order valence-electron chi connectivity index (χ4n) is 2.55. The van der Waals surface area contributed by atoms with Crippen LogP contribution >= 0.6 is 0 Å². The van der Waals surface area contributed by atoms with E-state index >= 15 is 0 Å². The monoisotopic (exact) mass is 339 g/mol. The van der Waals surface area contributed by atoms with Crippen LogP contribution in [0.4, 0.5) is 0 Å². The molecule has 128 valence electrons. The summed E-state index contributed by atoms with van der Waals surface area (Å²) >= 11 is 0. The largest absolute Gasteiger partial charge is 0.494 e. The molecule has 0 spiro atoms. The van der Waals surface area contributed by atoms with Crippen molar-refractivity contribution >= 4 is 17.1 Å². The number of fused-ring (bicyclic) bond motifs is 1. The van der Waals surface area contributed by atoms with Gasteiger partial charge in [-0.2, -0.15) is 0 Å². The first kappa shape index (κ1) is 16.6. The lowest BCUT2D eigenvalue weighted by Gasteiger charge is -2.10. The van der Waals surface area contributed by atoms with Crippen LogP contribution in [0.15, 0.2) is 52.4 Å². The number of aromatic nitrogens is 3. The zero-order valence-electron chi connectivity index (χ0n) is 13.5. The van der Waals surface area contributed by atoms with E-state index < -0.39 is 11.2 Å². The lowest BCUT2D eigenvalue weighted by Crippen LogP contribution is -2.27. The molecule has 0 atom stereocenters. The number of pyridine rings is 1. The Morgan fingerprint density at radius 3 is 2.84 bits per heavy atom. The molecule has 0 unspecified atom stereocenters. The van der Waals surface area contributed by atoms with Crippen molar-refractivity contribution < 1.29 is 9.53 Å². The summed E-state index contributed by atoms with van der Waals surface area (Å²) in [6, 6.07) is 6.81. The van der Waals surface area contributed by atoms with Crippen LogP contribution in [0.5, 0.6) is 5.75 Å². The van der Waals surface area contributed by atoms with Crippen molar-refractivity contribution in [2.75, 3.05) is 6.61 Å². The number of unbranched alkanes of at least 4 members (excludes halogenated alkanes) is 2. The molecule has 1 aromatic carbocycles. The van der Waals surface area contributed by atoms with Gasteiger partial charge in [0.2, 0.25) is 0 Å². The van der Waals surface area contributed by atoms with E-state index in [1.165, 1.54) is 16.8 Å². The van der Waals surface area contributed by atoms with Crippen LogP contribution in [-0.2, 0) is 4.79 Å². The van der Waals surface area contributed by atoms with Gasteiger partial charge >= 0.3 is 5.69 Å². The number of nitrogens with zero attached hydrogens (tertiary/aromatic N) is 2. The minimum atomic E-state index is -0.516. The number of benzene rings is 1. The second-order valence-electron chi connectivity index (χ2n) is 5.53. The van der Waals surface area contributed by atoms with Crippen molar-refractivity contribution in [2.24, 2.45) is 0 Å². The number of ether oxygens (including phenoxy) is 1. The number of H-pyrrole nitrogens is 1. The van der Waals surface area contributed by atoms with Gasteiger partial charge in [0.05, 0.1) is 18.5 Å². The first-order chi connectivity index (χ1) is 12.2. The predicted octanol–water partition coefficient (Wildman–Crippen LogP) is 1.82. The smallest absolute Gasteiger partial charge is 0.332 e. The Balaban J connectivity index is 1.88. The van der Waals surface area contributed by atoms with Gasteiger partial charge in [0.25, 0.3) is 5.56 Å². The molecular weight excluding hydrogens is 322 g/mol. The van der Waals surface area contributed by atoms with E-state index in [2.05, 4.69) is 9.97 Å². The number of aromatic amines is 1. The van der Waals surface area contributed by atoms with Crippen LogP contribution in [0.3, 0.4) is 0 Å². The number of aldehydes is 1. The Hall–Kier alpha value is -3.22. The number of carbonyl (C=O) groups excluding carboxylic acids is 1. The number of hydrogen-bond donors (Lipinski definition) is 1. The van der Waals surface area contributed by atoms with Crippen LogP contribution < -0.4 is 16.0 Å². The van der Waals surface area contributed by atoms with Gasteiger partial charge in [-0.3, -0.25) is 19.3 Å². The molecule has 0 saturated carbocycles. The average Bonchev–Trinajstić information content (AvgIpc) is 2.61. The lowest BCUT2D eigenvalue weighted by atomic mass is 10.1. The Kier molecular flexibility index (Phi) is 5.03. The molecule has 7 heteroatoms. The van der Waals surface area contributed by atoms with E-state index in [9.17, 15) is 14.4 Å². The van der Waals surface area contributed by atoms with Crippen molar-refractivity contribution in [3.8, 4) is 11.4 Å². The van der Waals surface area contributed by atoms with Crippen LogP contribution in [0.1, 0.15) is 19.3 Å². The summed E-state index contributed by atoms with van der Waals surface area (Å²) in [6.45, 7) is 0.534. The molecule has 0 radical (unpaired) electrons. The number of nitrogens with one attached hydrogen (secondary N) is 1. The molecule has 0 bridgehead atoms. The summed E-state index contributed by atoms with van der Waals surface area (Å²) in [5.74, 6) is 0.700. The average molecular weight is 339 g/mol. The third kappa shape index (κ3) is 3.82. The maximum atomic E-state index is 12.0. The Morgan fingerprint density at radius 1 is 1.16 bits per heavy atom. The Morgan fingerprint density at radius 2 is 2.04 bits per heavy atom. The molecule has 0 amide bonds. The van der Waals surface area contributed by atoms with E-state index in [0.29, 0.717) is 24.5 Å². The predicted molar refractivity (Wildman–Crippen MR) is 93.4 cm³/mol. The van der Waals surface area contributed by atoms with Gasteiger partial charge < -0.3 is 9.53 Å². The second kappa shape index (κ2) is 7.57. The molecular formula is C18H17N3O4. The van der Waals surface area contributed by atoms with Crippen molar-refractivity contribution in [3.63, 3.8) is 0 Å². The highest BCUT2D eigenvalue weighted by Crippen LogP contribution is 2.24. The minimum absolute atomic E-state index is 0.445. The molecule has 0 aliphatic heterocycles. The summed E-state index contributed by atoms with van der Waals surface area (Å²) in [5.41, 5.74) is -0.381. The highest BCUT2D eigenvalue weighted by atomic mass is 16.5. The molecule has 7 nitrogen and oxygen atoms in total. The molecule has 25 heavy (non-hydrogen) atoms. The molecule has 0 aliphatic rings. The molecule has 3 aromatic rings. The van der Waals surface area contributed by atoms with E-state index in [1.54, 1.807) is 12.4 Å². The molecule has 3 rings (SSSR count). The standard InChI is InChI=1S/C18H17N3O4/c22-8-2-1-3-9-25-14-4-5-15-13(10-14)11-19-12-16(15)21-7-6-17(23)20-18(21)24/h4-8,10-12H,1-3,9H2,(H,20,23,24). The van der Waals surface area contributed by atoms with E-state index in [4.69, 9.17) is 4.74 Å². The van der Waals surface area contributed by atoms with Gasteiger partial charge in [0.15, 0.2) is 0 Å². The quantitative estimate of drug-likeness (QED) is 0.523. The SMILES string of the molecule is O=CCCCCOc1ccc2c(-n3ccc(=O)[nH]c3=O)cncc2c1. The molecule has 0 fully saturated rings. The number of carbonyl (C=O) groups is 1. The molecule has 1 N–H and O–H groups in total. The van der Waals surface area contributed by atoms with Crippen molar-refractivity contribution in [1.82, 2.24) is 14.5 Å². The first-order valence-corrected chi connectivity index (χ1v) is 7.95.